The van der Waals surface area contributed by atoms with E-state index in [1.807, 2.05) is 13.0 Å². The summed E-state index contributed by atoms with van der Waals surface area (Å²) < 4.78 is 5.75. The van der Waals surface area contributed by atoms with Crippen molar-refractivity contribution in [1.82, 2.24) is 0 Å². The van der Waals surface area contributed by atoms with Crippen LogP contribution in [0.2, 0.25) is 0 Å². The molecule has 14 heavy (non-hydrogen) atoms. The molecule has 1 fully saturated rings. The summed E-state index contributed by atoms with van der Waals surface area (Å²) in [7, 11) is 0. The van der Waals surface area contributed by atoms with Gasteiger partial charge in [0.05, 0.1) is 6.10 Å². The minimum atomic E-state index is 0.101. The van der Waals surface area contributed by atoms with E-state index in [9.17, 15) is 0 Å². The summed E-state index contributed by atoms with van der Waals surface area (Å²) in [5.74, 6) is 1.01. The largest absolute Gasteiger partial charge is 0.490 e. The first-order valence-electron chi connectivity index (χ1n) is 5.19. The highest BCUT2D eigenvalue weighted by Gasteiger charge is 2.24. The first-order valence-corrected chi connectivity index (χ1v) is 5.19. The van der Waals surface area contributed by atoms with Crippen LogP contribution in [0.15, 0.2) is 18.2 Å². The fourth-order valence-corrected chi connectivity index (χ4v) is 1.45. The van der Waals surface area contributed by atoms with Gasteiger partial charge in [-0.1, -0.05) is 12.1 Å². The molecule has 1 atom stereocenters. The molecule has 2 nitrogen and oxygen atoms in total. The van der Waals surface area contributed by atoms with E-state index < -0.39 is 0 Å². The third kappa shape index (κ3) is 2.07. The van der Waals surface area contributed by atoms with Crippen molar-refractivity contribution in [3.63, 3.8) is 0 Å². The predicted octanol–water partition coefficient (Wildman–Crippen LogP) is 2.56. The standard InChI is InChI=1S/C12H17NO/c1-8-7-10(9(2)13)3-6-12(8)14-11-4-5-11/h3,6-7,9,11H,4-5,13H2,1-2H3/t9-/m0/s1. The molecule has 0 spiro atoms. The molecule has 1 aromatic rings. The summed E-state index contributed by atoms with van der Waals surface area (Å²) >= 11 is 0. The number of ether oxygens (including phenoxy) is 1. The van der Waals surface area contributed by atoms with E-state index in [-0.39, 0.29) is 6.04 Å². The van der Waals surface area contributed by atoms with Crippen LogP contribution < -0.4 is 10.5 Å². The maximum Gasteiger partial charge on any atom is 0.122 e. The summed E-state index contributed by atoms with van der Waals surface area (Å²) in [5.41, 5.74) is 8.16. The average molecular weight is 191 g/mol. The Labute approximate surface area is 85.1 Å². The number of hydrogen-bond acceptors (Lipinski definition) is 2. The van der Waals surface area contributed by atoms with Gasteiger partial charge in [0.25, 0.3) is 0 Å². The molecule has 1 aromatic carbocycles. The summed E-state index contributed by atoms with van der Waals surface area (Å²) in [6.45, 7) is 4.07. The zero-order valence-electron chi connectivity index (χ0n) is 8.79. The van der Waals surface area contributed by atoms with Gasteiger partial charge >= 0.3 is 0 Å². The van der Waals surface area contributed by atoms with Gasteiger partial charge in [0.2, 0.25) is 0 Å². The van der Waals surface area contributed by atoms with Crippen LogP contribution in [0.25, 0.3) is 0 Å². The fraction of sp³-hybridized carbons (Fsp3) is 0.500. The van der Waals surface area contributed by atoms with Gasteiger partial charge in [0, 0.05) is 6.04 Å². The molecular weight excluding hydrogens is 174 g/mol. The minimum Gasteiger partial charge on any atom is -0.490 e. The number of nitrogens with two attached hydrogens (primary N) is 1. The molecule has 0 aliphatic heterocycles. The molecule has 0 heterocycles. The van der Waals surface area contributed by atoms with Crippen molar-refractivity contribution < 1.29 is 4.74 Å². The van der Waals surface area contributed by atoms with Crippen molar-refractivity contribution in [2.24, 2.45) is 5.73 Å². The Morgan fingerprint density at radius 1 is 1.43 bits per heavy atom. The molecular formula is C12H17NO. The zero-order valence-corrected chi connectivity index (χ0v) is 8.79. The average Bonchev–Trinajstić information content (AvgIpc) is 2.92. The van der Waals surface area contributed by atoms with Crippen molar-refractivity contribution in [2.45, 2.75) is 38.8 Å². The first-order chi connectivity index (χ1) is 6.66. The molecule has 2 heteroatoms. The molecule has 1 aliphatic carbocycles. The van der Waals surface area contributed by atoms with Crippen LogP contribution in [0.3, 0.4) is 0 Å². The molecule has 0 aromatic heterocycles. The monoisotopic (exact) mass is 191 g/mol. The SMILES string of the molecule is Cc1cc([C@H](C)N)ccc1OC1CC1. The Morgan fingerprint density at radius 2 is 2.14 bits per heavy atom. The van der Waals surface area contributed by atoms with E-state index in [0.29, 0.717) is 6.10 Å². The molecule has 0 bridgehead atoms. The summed E-state index contributed by atoms with van der Waals surface area (Å²) in [6, 6.07) is 6.30. The van der Waals surface area contributed by atoms with Gasteiger partial charge in [0.1, 0.15) is 5.75 Å². The molecule has 1 saturated carbocycles. The van der Waals surface area contributed by atoms with Gasteiger partial charge in [-0.05, 0) is 43.9 Å². The second-order valence-corrected chi connectivity index (χ2v) is 4.13. The van der Waals surface area contributed by atoms with Crippen molar-refractivity contribution >= 4 is 0 Å². The van der Waals surface area contributed by atoms with Crippen LogP contribution in [0, 0.1) is 6.92 Å². The lowest BCUT2D eigenvalue weighted by Crippen LogP contribution is -2.06. The van der Waals surface area contributed by atoms with Crippen LogP contribution in [-0.2, 0) is 0 Å². The number of aryl methyl sites for hydroxylation is 1. The maximum absolute atomic E-state index is 5.81. The maximum atomic E-state index is 5.81. The van der Waals surface area contributed by atoms with E-state index in [4.69, 9.17) is 10.5 Å². The van der Waals surface area contributed by atoms with Gasteiger partial charge < -0.3 is 10.5 Å². The van der Waals surface area contributed by atoms with Gasteiger partial charge in [-0.3, -0.25) is 0 Å². The molecule has 0 radical (unpaired) electrons. The molecule has 0 saturated heterocycles. The number of hydrogen-bond donors (Lipinski definition) is 1. The first kappa shape index (κ1) is 9.53. The van der Waals surface area contributed by atoms with Crippen LogP contribution in [-0.4, -0.2) is 6.10 Å². The lowest BCUT2D eigenvalue weighted by Gasteiger charge is -2.11. The third-order valence-electron chi connectivity index (χ3n) is 2.54. The van der Waals surface area contributed by atoms with Gasteiger partial charge in [-0.2, -0.15) is 0 Å². The van der Waals surface area contributed by atoms with Gasteiger partial charge in [0.15, 0.2) is 0 Å². The van der Waals surface area contributed by atoms with Crippen LogP contribution in [0.1, 0.15) is 36.9 Å². The third-order valence-corrected chi connectivity index (χ3v) is 2.54. The second-order valence-electron chi connectivity index (χ2n) is 4.13. The highest BCUT2D eigenvalue weighted by molar-refractivity contribution is 5.37. The molecule has 2 N–H and O–H groups in total. The Kier molecular flexibility index (Phi) is 2.46. The number of benzene rings is 1. The molecule has 1 aliphatic rings. The molecule has 0 unspecified atom stereocenters. The lowest BCUT2D eigenvalue weighted by molar-refractivity contribution is 0.301. The van der Waals surface area contributed by atoms with E-state index >= 15 is 0 Å². The van der Waals surface area contributed by atoms with E-state index in [1.165, 1.54) is 24.0 Å². The van der Waals surface area contributed by atoms with Crippen LogP contribution >= 0.6 is 0 Å². The van der Waals surface area contributed by atoms with E-state index in [0.717, 1.165) is 5.75 Å². The predicted molar refractivity (Wildman–Crippen MR) is 57.4 cm³/mol. The normalized spacial score (nSPS) is 17.9. The number of rotatable bonds is 3. The highest BCUT2D eigenvalue weighted by atomic mass is 16.5. The smallest absolute Gasteiger partial charge is 0.122 e. The van der Waals surface area contributed by atoms with E-state index in [1.54, 1.807) is 0 Å². The highest BCUT2D eigenvalue weighted by Crippen LogP contribution is 2.29. The van der Waals surface area contributed by atoms with E-state index in [2.05, 4.69) is 19.1 Å². The summed E-state index contributed by atoms with van der Waals surface area (Å²) in [4.78, 5) is 0. The minimum absolute atomic E-state index is 0.101. The topological polar surface area (TPSA) is 35.2 Å². The Hall–Kier alpha value is -1.02. The van der Waals surface area contributed by atoms with Gasteiger partial charge in [-0.25, -0.2) is 0 Å². The van der Waals surface area contributed by atoms with Gasteiger partial charge in [-0.15, -0.1) is 0 Å². The van der Waals surface area contributed by atoms with Crippen molar-refractivity contribution in [3.8, 4) is 5.75 Å². The van der Waals surface area contributed by atoms with Crippen LogP contribution in [0.4, 0.5) is 0 Å². The molecule has 76 valence electrons. The summed E-state index contributed by atoms with van der Waals surface area (Å²) in [5, 5.41) is 0. The Morgan fingerprint density at radius 3 is 2.64 bits per heavy atom. The molecule has 2 rings (SSSR count). The van der Waals surface area contributed by atoms with Crippen molar-refractivity contribution in [1.29, 1.82) is 0 Å². The second kappa shape index (κ2) is 3.62. The van der Waals surface area contributed by atoms with Crippen LogP contribution in [0.5, 0.6) is 5.75 Å². The Balaban J connectivity index is 2.17. The van der Waals surface area contributed by atoms with Crippen molar-refractivity contribution in [3.05, 3.63) is 29.3 Å². The zero-order chi connectivity index (χ0) is 10.1. The molecule has 0 amide bonds. The quantitative estimate of drug-likeness (QED) is 0.797. The lowest BCUT2D eigenvalue weighted by atomic mass is 10.1. The fourth-order valence-electron chi connectivity index (χ4n) is 1.45. The van der Waals surface area contributed by atoms with Crippen molar-refractivity contribution in [2.75, 3.05) is 0 Å². The summed E-state index contributed by atoms with van der Waals surface area (Å²) in [6.07, 6.45) is 2.87. The Bertz CT molecular complexity index is 329.